The van der Waals surface area contributed by atoms with Gasteiger partial charge in [-0.2, -0.15) is 0 Å². The maximum absolute atomic E-state index is 13.5. The summed E-state index contributed by atoms with van der Waals surface area (Å²) in [4.78, 5) is 17.3. The standard InChI is InChI=1S/C30H40N4O7S/c1-19-15-34(20(2)18-35)29(36)14-24-13-25(32-42(37,38)30-21(3)31-41-22(30)4)9-12-27(24)40-28(19)17-33(5)16-23-7-10-26(39-6)11-8-23/h7-13,19-20,28,32,35H,14-18H2,1-6H3/t19-,20+,28-/m0/s1. The molecule has 1 aromatic heterocycles. The normalized spacial score (nSPS) is 18.5. The van der Waals surface area contributed by atoms with Gasteiger partial charge in [0, 0.05) is 36.8 Å². The fraction of sp³-hybridized carbons (Fsp3) is 0.467. The van der Waals surface area contributed by atoms with Gasteiger partial charge < -0.3 is 24.0 Å². The number of hydrogen-bond acceptors (Lipinski definition) is 9. The van der Waals surface area contributed by atoms with Gasteiger partial charge in [0.1, 0.15) is 23.3 Å². The number of amides is 1. The molecule has 3 atom stereocenters. The largest absolute Gasteiger partial charge is 0.497 e. The Hall–Kier alpha value is -3.61. The van der Waals surface area contributed by atoms with E-state index < -0.39 is 10.0 Å². The average molecular weight is 601 g/mol. The van der Waals surface area contributed by atoms with Gasteiger partial charge in [0.05, 0.1) is 26.2 Å². The van der Waals surface area contributed by atoms with E-state index >= 15 is 0 Å². The first-order chi connectivity index (χ1) is 19.9. The maximum atomic E-state index is 13.5. The minimum Gasteiger partial charge on any atom is -0.497 e. The second kappa shape index (κ2) is 13.1. The van der Waals surface area contributed by atoms with Crippen molar-refractivity contribution < 1.29 is 32.3 Å². The van der Waals surface area contributed by atoms with Crippen LogP contribution in [0.2, 0.25) is 0 Å². The zero-order chi connectivity index (χ0) is 30.6. The molecule has 0 saturated heterocycles. The van der Waals surface area contributed by atoms with Crippen molar-refractivity contribution in [3.63, 3.8) is 0 Å². The Morgan fingerprint density at radius 3 is 2.55 bits per heavy atom. The van der Waals surface area contributed by atoms with Crippen LogP contribution in [-0.2, 0) is 27.8 Å². The summed E-state index contributed by atoms with van der Waals surface area (Å²) < 4.78 is 45.7. The number of fused-ring (bicyclic) bond motifs is 1. The summed E-state index contributed by atoms with van der Waals surface area (Å²) in [6.07, 6.45) is -0.307. The van der Waals surface area contributed by atoms with Crippen LogP contribution in [0.4, 0.5) is 5.69 Å². The van der Waals surface area contributed by atoms with E-state index in [0.29, 0.717) is 30.9 Å². The topological polar surface area (TPSA) is 134 Å². The Balaban J connectivity index is 1.62. The molecule has 1 aliphatic heterocycles. The number of benzene rings is 2. The second-order valence-electron chi connectivity index (χ2n) is 11.0. The summed E-state index contributed by atoms with van der Waals surface area (Å²) in [6.45, 7) is 8.42. The molecule has 2 aromatic carbocycles. The number of sulfonamides is 1. The van der Waals surface area contributed by atoms with E-state index in [1.807, 2.05) is 45.2 Å². The van der Waals surface area contributed by atoms with Crippen molar-refractivity contribution in [1.82, 2.24) is 15.0 Å². The van der Waals surface area contributed by atoms with Gasteiger partial charge in [0.15, 0.2) is 10.7 Å². The third-order valence-electron chi connectivity index (χ3n) is 7.51. The first kappa shape index (κ1) is 31.3. The molecule has 1 aliphatic rings. The van der Waals surface area contributed by atoms with Crippen LogP contribution in [0.25, 0.3) is 0 Å². The van der Waals surface area contributed by atoms with Crippen molar-refractivity contribution in [3.05, 3.63) is 65.0 Å². The molecule has 0 radical (unpaired) electrons. The maximum Gasteiger partial charge on any atom is 0.267 e. The average Bonchev–Trinajstić information content (AvgIpc) is 3.31. The zero-order valence-corrected chi connectivity index (χ0v) is 25.8. The number of carbonyl (C=O) groups excluding carboxylic acids is 1. The van der Waals surface area contributed by atoms with Gasteiger partial charge in [-0.15, -0.1) is 0 Å². The van der Waals surface area contributed by atoms with E-state index in [4.69, 9.17) is 14.0 Å². The Morgan fingerprint density at radius 1 is 1.21 bits per heavy atom. The highest BCUT2D eigenvalue weighted by atomic mass is 32.2. The van der Waals surface area contributed by atoms with Crippen LogP contribution in [0, 0.1) is 19.8 Å². The molecule has 1 amide bonds. The van der Waals surface area contributed by atoms with Crippen molar-refractivity contribution in [2.24, 2.45) is 5.92 Å². The van der Waals surface area contributed by atoms with Crippen LogP contribution < -0.4 is 14.2 Å². The van der Waals surface area contributed by atoms with Crippen molar-refractivity contribution in [2.45, 2.75) is 57.7 Å². The summed E-state index contributed by atoms with van der Waals surface area (Å²) in [5.41, 5.74) is 2.21. The minimum atomic E-state index is -3.98. The molecule has 3 aromatic rings. The summed E-state index contributed by atoms with van der Waals surface area (Å²) >= 11 is 0. The van der Waals surface area contributed by atoms with E-state index in [0.717, 1.165) is 11.3 Å². The molecule has 2 heterocycles. The highest BCUT2D eigenvalue weighted by Gasteiger charge is 2.32. The number of nitrogens with one attached hydrogen (secondary N) is 1. The zero-order valence-electron chi connectivity index (χ0n) is 25.0. The van der Waals surface area contributed by atoms with E-state index in [2.05, 4.69) is 14.8 Å². The van der Waals surface area contributed by atoms with E-state index in [-0.39, 0.29) is 59.0 Å². The molecule has 12 heteroatoms. The van der Waals surface area contributed by atoms with Crippen LogP contribution in [0.3, 0.4) is 0 Å². The lowest BCUT2D eigenvalue weighted by molar-refractivity contribution is -0.134. The fourth-order valence-electron chi connectivity index (χ4n) is 5.19. The molecular formula is C30H40N4O7S. The van der Waals surface area contributed by atoms with Gasteiger partial charge in [-0.3, -0.25) is 14.4 Å². The molecule has 2 N–H and O–H groups in total. The highest BCUT2D eigenvalue weighted by Crippen LogP contribution is 2.31. The van der Waals surface area contributed by atoms with Gasteiger partial charge in [-0.05, 0) is 63.7 Å². The number of aryl methyl sites for hydroxylation is 2. The van der Waals surface area contributed by atoms with E-state index in [9.17, 15) is 18.3 Å². The Morgan fingerprint density at radius 2 is 1.93 bits per heavy atom. The first-order valence-corrected chi connectivity index (χ1v) is 15.4. The van der Waals surface area contributed by atoms with Gasteiger partial charge in [0.2, 0.25) is 5.91 Å². The molecule has 0 spiro atoms. The molecule has 0 bridgehead atoms. The monoisotopic (exact) mass is 600 g/mol. The molecule has 228 valence electrons. The Labute approximate surface area is 247 Å². The summed E-state index contributed by atoms with van der Waals surface area (Å²) in [5.74, 6) is 1.25. The molecule has 4 rings (SSSR count). The first-order valence-electron chi connectivity index (χ1n) is 13.9. The number of aromatic nitrogens is 1. The molecular weight excluding hydrogens is 560 g/mol. The van der Waals surface area contributed by atoms with Gasteiger partial charge in [-0.1, -0.05) is 24.2 Å². The summed E-state index contributed by atoms with van der Waals surface area (Å²) in [6, 6.07) is 12.4. The predicted molar refractivity (Wildman–Crippen MR) is 158 cm³/mol. The van der Waals surface area contributed by atoms with Gasteiger partial charge in [0.25, 0.3) is 10.0 Å². The molecule has 42 heavy (non-hydrogen) atoms. The number of rotatable bonds is 10. The second-order valence-corrected chi connectivity index (χ2v) is 12.6. The minimum absolute atomic E-state index is 0.0122. The van der Waals surface area contributed by atoms with E-state index in [1.54, 1.807) is 37.1 Å². The lowest BCUT2D eigenvalue weighted by Crippen LogP contribution is -2.47. The number of ether oxygens (including phenoxy) is 2. The lowest BCUT2D eigenvalue weighted by atomic mass is 10.0. The molecule has 0 saturated carbocycles. The Kier molecular flexibility index (Phi) is 9.80. The van der Waals surface area contributed by atoms with Crippen molar-refractivity contribution in [2.75, 3.05) is 38.6 Å². The highest BCUT2D eigenvalue weighted by molar-refractivity contribution is 7.92. The van der Waals surface area contributed by atoms with Crippen LogP contribution in [0.1, 0.15) is 36.4 Å². The number of carbonyl (C=O) groups is 1. The third-order valence-corrected chi connectivity index (χ3v) is 9.13. The number of hydrogen-bond donors (Lipinski definition) is 2. The fourth-order valence-corrected chi connectivity index (χ4v) is 6.57. The predicted octanol–water partition coefficient (Wildman–Crippen LogP) is 3.38. The number of likely N-dealkylation sites (N-methyl/N-ethyl adjacent to an activating group) is 1. The molecule has 11 nitrogen and oxygen atoms in total. The number of methoxy groups -OCH3 is 1. The smallest absolute Gasteiger partial charge is 0.267 e. The van der Waals surface area contributed by atoms with E-state index in [1.165, 1.54) is 6.92 Å². The SMILES string of the molecule is COc1ccc(CN(C)C[C@@H]2Oc3ccc(NS(=O)(=O)c4c(C)noc4C)cc3CC(=O)N([C@H](C)CO)C[C@@H]2C)cc1. The van der Waals surface area contributed by atoms with Gasteiger partial charge in [-0.25, -0.2) is 8.42 Å². The van der Waals surface area contributed by atoms with Gasteiger partial charge >= 0.3 is 0 Å². The number of aliphatic hydroxyl groups excluding tert-OH is 1. The van der Waals surface area contributed by atoms with Crippen LogP contribution in [0.15, 0.2) is 51.9 Å². The van der Waals surface area contributed by atoms with Crippen molar-refractivity contribution in [1.29, 1.82) is 0 Å². The Bertz CT molecular complexity index is 1470. The molecule has 0 aliphatic carbocycles. The summed E-state index contributed by atoms with van der Waals surface area (Å²) in [5, 5.41) is 13.7. The quantitative estimate of drug-likeness (QED) is 0.359. The van der Waals surface area contributed by atoms with Crippen LogP contribution in [-0.4, -0.2) is 80.4 Å². The number of nitrogens with zero attached hydrogens (tertiary/aromatic N) is 3. The lowest BCUT2D eigenvalue weighted by Gasteiger charge is -2.34. The van der Waals surface area contributed by atoms with Crippen LogP contribution >= 0.6 is 0 Å². The third kappa shape index (κ3) is 7.23. The van der Waals surface area contributed by atoms with Crippen molar-refractivity contribution in [3.8, 4) is 11.5 Å². The van der Waals surface area contributed by atoms with Crippen LogP contribution in [0.5, 0.6) is 11.5 Å². The molecule has 0 unspecified atom stereocenters. The number of aliphatic hydroxyl groups is 1. The number of anilines is 1. The molecule has 0 fully saturated rings. The van der Waals surface area contributed by atoms with Crippen molar-refractivity contribution >= 4 is 21.6 Å². The summed E-state index contributed by atoms with van der Waals surface area (Å²) in [7, 11) is -0.333.